The fourth-order valence-electron chi connectivity index (χ4n) is 2.96. The van der Waals surface area contributed by atoms with Crippen molar-refractivity contribution in [2.75, 3.05) is 27.4 Å². The lowest BCUT2D eigenvalue weighted by Gasteiger charge is -2.17. The number of amides is 1. The van der Waals surface area contributed by atoms with Gasteiger partial charge >= 0.3 is 5.97 Å². The van der Waals surface area contributed by atoms with E-state index in [9.17, 15) is 9.59 Å². The fourth-order valence-corrected chi connectivity index (χ4v) is 2.96. The summed E-state index contributed by atoms with van der Waals surface area (Å²) >= 11 is 0. The van der Waals surface area contributed by atoms with Crippen molar-refractivity contribution in [2.45, 2.75) is 13.0 Å². The molecule has 0 unspecified atom stereocenters. The zero-order chi connectivity index (χ0) is 20.8. The van der Waals surface area contributed by atoms with Crippen LogP contribution in [0.15, 0.2) is 54.2 Å². The van der Waals surface area contributed by atoms with Gasteiger partial charge in [0, 0.05) is 5.56 Å². The number of benzene rings is 2. The van der Waals surface area contributed by atoms with Crippen molar-refractivity contribution < 1.29 is 28.7 Å². The molecule has 152 valence electrons. The number of likely N-dealkylation sites (N-methyl/N-ethyl adjacent to an activating group) is 1. The normalized spacial score (nSPS) is 13.9. The largest absolute Gasteiger partial charge is 0.454 e. The molecule has 1 aliphatic heterocycles. The van der Waals surface area contributed by atoms with E-state index in [0.29, 0.717) is 29.2 Å². The molecule has 29 heavy (non-hydrogen) atoms. The molecule has 1 heterocycles. The van der Waals surface area contributed by atoms with Crippen LogP contribution < -0.4 is 19.7 Å². The van der Waals surface area contributed by atoms with Gasteiger partial charge in [0.25, 0.3) is 5.91 Å². The smallest absolute Gasteiger partial charge is 0.355 e. The number of rotatable bonds is 7. The van der Waals surface area contributed by atoms with Crippen LogP contribution in [0.3, 0.4) is 0 Å². The Morgan fingerprint density at radius 1 is 1.14 bits per heavy atom. The van der Waals surface area contributed by atoms with E-state index in [1.807, 2.05) is 27.1 Å². The van der Waals surface area contributed by atoms with Gasteiger partial charge in [0.05, 0.1) is 14.1 Å². The third-order valence-corrected chi connectivity index (χ3v) is 4.22. The monoisotopic (exact) mass is 397 g/mol. The quantitative estimate of drug-likeness (QED) is 0.543. The third kappa shape index (κ3) is 5.58. The number of carbonyl (C=O) groups is 2. The average Bonchev–Trinajstić information content (AvgIpc) is 3.15. The number of hydrogen-bond acceptors (Lipinski definition) is 5. The molecule has 0 fully saturated rings. The van der Waals surface area contributed by atoms with Crippen molar-refractivity contribution in [3.8, 4) is 11.5 Å². The van der Waals surface area contributed by atoms with Gasteiger partial charge in [-0.3, -0.25) is 4.79 Å². The first-order valence-electron chi connectivity index (χ1n) is 9.40. The highest BCUT2D eigenvalue weighted by Gasteiger charge is 2.20. The molecule has 0 bridgehead atoms. The predicted octanol–water partition coefficient (Wildman–Crippen LogP) is 1.26. The molecule has 7 heteroatoms. The molecule has 0 saturated heterocycles. The van der Waals surface area contributed by atoms with Gasteiger partial charge in [0.2, 0.25) is 6.79 Å². The molecule has 1 atom stereocenters. The lowest BCUT2D eigenvalue weighted by Crippen LogP contribution is -3.07. The summed E-state index contributed by atoms with van der Waals surface area (Å²) in [5.41, 5.74) is 1.18. The second kappa shape index (κ2) is 9.25. The molecule has 2 aromatic rings. The minimum absolute atomic E-state index is 0.0540. The first-order valence-corrected chi connectivity index (χ1v) is 9.40. The predicted molar refractivity (Wildman–Crippen MR) is 108 cm³/mol. The second-order valence-corrected chi connectivity index (χ2v) is 7.12. The van der Waals surface area contributed by atoms with Crippen molar-refractivity contribution in [3.63, 3.8) is 0 Å². The first kappa shape index (κ1) is 20.4. The zero-order valence-electron chi connectivity index (χ0n) is 16.7. The van der Waals surface area contributed by atoms with Crippen LogP contribution in [0.4, 0.5) is 0 Å². The molecule has 0 aliphatic carbocycles. The molecular formula is C22H25N2O5+. The molecule has 1 aliphatic rings. The van der Waals surface area contributed by atoms with E-state index in [2.05, 4.69) is 5.32 Å². The van der Waals surface area contributed by atoms with E-state index >= 15 is 0 Å². The maximum Gasteiger partial charge on any atom is 0.355 e. The fraction of sp³-hybridized carbons (Fsp3) is 0.273. The van der Waals surface area contributed by atoms with Crippen molar-refractivity contribution >= 4 is 18.0 Å². The van der Waals surface area contributed by atoms with Crippen LogP contribution in [-0.2, 0) is 9.53 Å². The summed E-state index contributed by atoms with van der Waals surface area (Å²) in [4.78, 5) is 26.5. The Morgan fingerprint density at radius 3 is 2.59 bits per heavy atom. The summed E-state index contributed by atoms with van der Waals surface area (Å²) in [6.45, 7) is 2.63. The first-order chi connectivity index (χ1) is 13.9. The van der Waals surface area contributed by atoms with Crippen LogP contribution in [-0.4, -0.2) is 45.4 Å². The summed E-state index contributed by atoms with van der Waals surface area (Å²) < 4.78 is 16.2. The van der Waals surface area contributed by atoms with E-state index in [0.717, 1.165) is 4.90 Å². The highest BCUT2D eigenvalue weighted by molar-refractivity contribution is 6.03. The van der Waals surface area contributed by atoms with Gasteiger partial charge in [-0.2, -0.15) is 0 Å². The van der Waals surface area contributed by atoms with Gasteiger partial charge < -0.3 is 24.4 Å². The van der Waals surface area contributed by atoms with Crippen LogP contribution in [0.5, 0.6) is 11.5 Å². The van der Waals surface area contributed by atoms with E-state index in [1.54, 1.807) is 48.5 Å². The molecule has 0 saturated carbocycles. The van der Waals surface area contributed by atoms with Gasteiger partial charge in [-0.25, -0.2) is 4.79 Å². The number of carbonyl (C=O) groups excluding carboxylic acids is 2. The van der Waals surface area contributed by atoms with Gasteiger partial charge in [-0.1, -0.05) is 24.3 Å². The number of ether oxygens (including phenoxy) is 3. The van der Waals surface area contributed by atoms with Crippen LogP contribution in [0.25, 0.3) is 6.08 Å². The maximum atomic E-state index is 12.8. The Balaban J connectivity index is 1.84. The van der Waals surface area contributed by atoms with Crippen LogP contribution in [0, 0.1) is 0 Å². The van der Waals surface area contributed by atoms with E-state index in [4.69, 9.17) is 14.2 Å². The average molecular weight is 397 g/mol. The number of quaternary nitrogens is 1. The molecule has 7 nitrogen and oxygen atoms in total. The van der Waals surface area contributed by atoms with Gasteiger partial charge in [-0.05, 0) is 42.8 Å². The van der Waals surface area contributed by atoms with Gasteiger partial charge in [-0.15, -0.1) is 0 Å². The summed E-state index contributed by atoms with van der Waals surface area (Å²) in [5.74, 6) is 0.244. The highest BCUT2D eigenvalue weighted by atomic mass is 16.7. The SMILES string of the molecule is C[C@@H](C[NH+](C)C)OC(=O)/C(=C\c1ccc2c(c1)OCO2)NC(=O)c1ccccc1. The molecule has 0 aromatic heterocycles. The minimum Gasteiger partial charge on any atom is -0.454 e. The molecule has 1 amide bonds. The number of hydrogen-bond donors (Lipinski definition) is 2. The number of esters is 1. The summed E-state index contributed by atoms with van der Waals surface area (Å²) in [5, 5.41) is 2.68. The van der Waals surface area contributed by atoms with Gasteiger partial charge in [0.1, 0.15) is 18.3 Å². The Kier molecular flexibility index (Phi) is 6.51. The zero-order valence-corrected chi connectivity index (χ0v) is 16.7. The van der Waals surface area contributed by atoms with E-state index in [-0.39, 0.29) is 24.5 Å². The Morgan fingerprint density at radius 2 is 1.86 bits per heavy atom. The minimum atomic E-state index is -0.597. The topological polar surface area (TPSA) is 78.3 Å². The van der Waals surface area contributed by atoms with Crippen LogP contribution in [0.2, 0.25) is 0 Å². The summed E-state index contributed by atoms with van der Waals surface area (Å²) in [6, 6.07) is 14.0. The second-order valence-electron chi connectivity index (χ2n) is 7.12. The Hall–Kier alpha value is -3.32. The van der Waals surface area contributed by atoms with Crippen molar-refractivity contribution in [1.29, 1.82) is 0 Å². The molecule has 2 N–H and O–H groups in total. The molecule has 0 radical (unpaired) electrons. The van der Waals surface area contributed by atoms with Crippen LogP contribution >= 0.6 is 0 Å². The Bertz CT molecular complexity index is 909. The third-order valence-electron chi connectivity index (χ3n) is 4.22. The highest BCUT2D eigenvalue weighted by Crippen LogP contribution is 2.33. The molecule has 3 rings (SSSR count). The number of nitrogens with one attached hydrogen (secondary N) is 2. The maximum absolute atomic E-state index is 12.8. The van der Waals surface area contributed by atoms with Crippen molar-refractivity contribution in [1.82, 2.24) is 5.32 Å². The molecule has 0 spiro atoms. The van der Waals surface area contributed by atoms with Crippen molar-refractivity contribution in [3.05, 3.63) is 65.4 Å². The summed E-state index contributed by atoms with van der Waals surface area (Å²) in [6.07, 6.45) is 1.27. The van der Waals surface area contributed by atoms with Crippen LogP contribution in [0.1, 0.15) is 22.8 Å². The Labute approximate surface area is 169 Å². The molecular weight excluding hydrogens is 372 g/mol. The van der Waals surface area contributed by atoms with E-state index < -0.39 is 5.97 Å². The lowest BCUT2D eigenvalue weighted by atomic mass is 10.1. The number of fused-ring (bicyclic) bond motifs is 1. The molecule has 2 aromatic carbocycles. The van der Waals surface area contributed by atoms with E-state index in [1.165, 1.54) is 0 Å². The lowest BCUT2D eigenvalue weighted by molar-refractivity contribution is -0.861. The van der Waals surface area contributed by atoms with Crippen molar-refractivity contribution in [2.24, 2.45) is 0 Å². The van der Waals surface area contributed by atoms with Gasteiger partial charge in [0.15, 0.2) is 11.5 Å². The summed E-state index contributed by atoms with van der Waals surface area (Å²) in [7, 11) is 3.95. The standard InChI is InChI=1S/C22H24N2O5/c1-15(13-24(2)3)29-22(26)18(23-21(25)17-7-5-4-6-8-17)11-16-9-10-19-20(12-16)28-14-27-19/h4-12,15H,13-14H2,1-3H3,(H,23,25)/p+1/b18-11+/t15-/m0/s1.